The number of rotatable bonds is 6. The van der Waals surface area contributed by atoms with Crippen LogP contribution in [-0.4, -0.2) is 28.3 Å². The quantitative estimate of drug-likeness (QED) is 0.383. The number of amidine groups is 1. The number of aryl methyl sites for hydroxylation is 1. The topological polar surface area (TPSA) is 18.8 Å². The summed E-state index contributed by atoms with van der Waals surface area (Å²) in [5.41, 5.74) is 5.49. The zero-order valence-corrected chi connectivity index (χ0v) is 25.3. The number of aliphatic imine (C=N–C) groups is 1. The average Bonchev–Trinajstić information content (AvgIpc) is 3.12. The molecule has 1 saturated carbocycles. The smallest absolute Gasteiger partial charge is 0.149 e. The van der Waals surface area contributed by atoms with Crippen LogP contribution in [0.3, 0.4) is 0 Å². The lowest BCUT2D eigenvalue weighted by Gasteiger charge is -2.49. The summed E-state index contributed by atoms with van der Waals surface area (Å²) in [6.07, 6.45) is 6.87. The monoisotopic (exact) mass is 513 g/mol. The van der Waals surface area contributed by atoms with E-state index in [-0.39, 0.29) is 17.1 Å². The third-order valence-corrected chi connectivity index (χ3v) is 8.89. The van der Waals surface area contributed by atoms with E-state index in [1.54, 1.807) is 0 Å². The van der Waals surface area contributed by atoms with Crippen molar-refractivity contribution in [3.05, 3.63) is 83.6 Å². The summed E-state index contributed by atoms with van der Waals surface area (Å²) in [5.74, 6) is 1.80. The summed E-state index contributed by atoms with van der Waals surface area (Å²) in [5, 5.41) is 0. The first-order valence-electron chi connectivity index (χ1n) is 14.7. The van der Waals surface area contributed by atoms with Gasteiger partial charge in [-0.3, -0.25) is 0 Å². The molecule has 3 nitrogen and oxygen atoms in total. The molecule has 1 aliphatic carbocycles. The van der Waals surface area contributed by atoms with Gasteiger partial charge in [0.2, 0.25) is 0 Å². The van der Waals surface area contributed by atoms with Gasteiger partial charge in [-0.2, -0.15) is 0 Å². The first-order valence-corrected chi connectivity index (χ1v) is 14.7. The molecule has 1 unspecified atom stereocenters. The third-order valence-electron chi connectivity index (χ3n) is 8.89. The average molecular weight is 514 g/mol. The zero-order valence-electron chi connectivity index (χ0n) is 25.3. The Morgan fingerprint density at radius 3 is 2.13 bits per heavy atom. The molecule has 1 spiro atoms. The van der Waals surface area contributed by atoms with E-state index in [1.165, 1.54) is 29.5 Å². The van der Waals surface area contributed by atoms with Gasteiger partial charge < -0.3 is 9.80 Å². The first-order chi connectivity index (χ1) is 17.8. The largest absolute Gasteiger partial charge is 0.354 e. The van der Waals surface area contributed by atoms with E-state index in [2.05, 4.69) is 120 Å². The van der Waals surface area contributed by atoms with Crippen LogP contribution in [-0.2, 0) is 6.54 Å². The molecular formula is C35H51N3. The highest BCUT2D eigenvalue weighted by Gasteiger charge is 2.50. The molecule has 38 heavy (non-hydrogen) atoms. The van der Waals surface area contributed by atoms with E-state index < -0.39 is 0 Å². The van der Waals surface area contributed by atoms with Crippen LogP contribution < -0.4 is 0 Å². The van der Waals surface area contributed by atoms with Crippen molar-refractivity contribution < 1.29 is 0 Å². The Hall–Kier alpha value is -2.55. The molecule has 0 N–H and O–H groups in total. The molecule has 1 aliphatic heterocycles. The molecule has 0 aromatic heterocycles. The summed E-state index contributed by atoms with van der Waals surface area (Å²) in [4.78, 5) is 10.6. The minimum Gasteiger partial charge on any atom is -0.354 e. The van der Waals surface area contributed by atoms with Crippen LogP contribution in [0.2, 0.25) is 0 Å². The van der Waals surface area contributed by atoms with Gasteiger partial charge in [-0.05, 0) is 73.3 Å². The van der Waals surface area contributed by atoms with Crippen molar-refractivity contribution in [3.8, 4) is 0 Å². The highest BCUT2D eigenvalue weighted by Crippen LogP contribution is 2.52. The maximum absolute atomic E-state index is 5.63. The van der Waals surface area contributed by atoms with Crippen LogP contribution in [0.25, 0.3) is 0 Å². The molecule has 0 bridgehead atoms. The van der Waals surface area contributed by atoms with Crippen molar-refractivity contribution in [2.45, 2.75) is 105 Å². The summed E-state index contributed by atoms with van der Waals surface area (Å²) in [7, 11) is 2.19. The minimum atomic E-state index is -0.216. The van der Waals surface area contributed by atoms with E-state index in [0.717, 1.165) is 49.7 Å². The van der Waals surface area contributed by atoms with Crippen LogP contribution in [0, 0.1) is 23.7 Å². The van der Waals surface area contributed by atoms with Crippen molar-refractivity contribution in [2.75, 3.05) is 7.05 Å². The zero-order chi connectivity index (χ0) is 27.7. The van der Waals surface area contributed by atoms with Gasteiger partial charge in [0.05, 0.1) is 11.7 Å². The second-order valence-corrected chi connectivity index (χ2v) is 14.2. The Bertz CT molecular complexity index is 1110. The Balaban J connectivity index is 1.73. The molecule has 1 heterocycles. The van der Waals surface area contributed by atoms with Gasteiger partial charge >= 0.3 is 0 Å². The Morgan fingerprint density at radius 2 is 1.58 bits per heavy atom. The lowest BCUT2D eigenvalue weighted by atomic mass is 9.69. The summed E-state index contributed by atoms with van der Waals surface area (Å²) >= 11 is 0. The van der Waals surface area contributed by atoms with Crippen LogP contribution in [0.5, 0.6) is 0 Å². The molecule has 1 atom stereocenters. The predicted molar refractivity (Wildman–Crippen MR) is 163 cm³/mol. The second-order valence-electron chi connectivity index (χ2n) is 14.2. The van der Waals surface area contributed by atoms with Crippen LogP contribution in [0.1, 0.15) is 103 Å². The number of nitrogens with zero attached hydrogens (tertiary/aromatic N) is 3. The van der Waals surface area contributed by atoms with Gasteiger partial charge in [-0.1, -0.05) is 108 Å². The number of hydrogen-bond donors (Lipinski definition) is 0. The maximum atomic E-state index is 5.63. The Labute approximate surface area is 233 Å². The summed E-state index contributed by atoms with van der Waals surface area (Å²) < 4.78 is 0. The highest BCUT2D eigenvalue weighted by atomic mass is 15.4. The van der Waals surface area contributed by atoms with Crippen molar-refractivity contribution in [2.24, 2.45) is 21.7 Å². The van der Waals surface area contributed by atoms with Crippen molar-refractivity contribution >= 4 is 5.84 Å². The molecule has 206 valence electrons. The number of hydrogen-bond acceptors (Lipinski definition) is 3. The molecule has 3 heteroatoms. The molecular weight excluding hydrogens is 462 g/mol. The van der Waals surface area contributed by atoms with E-state index >= 15 is 0 Å². The van der Waals surface area contributed by atoms with Gasteiger partial charge in [-0.25, -0.2) is 4.99 Å². The van der Waals surface area contributed by atoms with E-state index in [9.17, 15) is 0 Å². The van der Waals surface area contributed by atoms with Gasteiger partial charge in [0.15, 0.2) is 0 Å². The van der Waals surface area contributed by atoms with Crippen LogP contribution in [0.4, 0.5) is 0 Å². The standard InChI is InChI=1S/C35H51N3/c1-26-15-17-29(18-16-26)31(21-22-33(3,4)5)38-27(2)32(37(9)25-28-13-11-10-12-14-28)36-35(38)23-19-30(20-24-35)34(6,7)8/h10-18,30-31H,2,19-25H2,1,3-9H3. The minimum absolute atomic E-state index is 0.216. The fourth-order valence-electron chi connectivity index (χ4n) is 6.49. The van der Waals surface area contributed by atoms with E-state index in [4.69, 9.17) is 11.6 Å². The molecule has 0 saturated heterocycles. The third kappa shape index (κ3) is 6.35. The molecule has 4 rings (SSSR count). The maximum Gasteiger partial charge on any atom is 0.149 e. The van der Waals surface area contributed by atoms with E-state index in [0.29, 0.717) is 5.41 Å². The van der Waals surface area contributed by atoms with Crippen LogP contribution in [0.15, 0.2) is 71.9 Å². The van der Waals surface area contributed by atoms with Gasteiger partial charge in [0.1, 0.15) is 11.5 Å². The molecule has 0 radical (unpaired) electrons. The van der Waals surface area contributed by atoms with Crippen LogP contribution >= 0.6 is 0 Å². The SMILES string of the molecule is C=C1C(N(C)Cc2ccccc2)=NC2(CCC(C(C)(C)C)CC2)N1C(CCC(C)(C)C)c1ccc(C)cc1. The predicted octanol–water partition coefficient (Wildman–Crippen LogP) is 9.15. The Morgan fingerprint density at radius 1 is 0.974 bits per heavy atom. The molecule has 2 aliphatic rings. The first kappa shape index (κ1) is 28.5. The van der Waals surface area contributed by atoms with E-state index in [1.807, 2.05) is 0 Å². The fraction of sp³-hybridized carbons (Fsp3) is 0.571. The molecule has 2 aromatic carbocycles. The summed E-state index contributed by atoms with van der Waals surface area (Å²) in [6.45, 7) is 22.1. The lowest BCUT2D eigenvalue weighted by Crippen LogP contribution is -2.48. The number of likely N-dealkylation sites (N-methyl/N-ethyl adjacent to an activating group) is 1. The second kappa shape index (κ2) is 10.9. The molecule has 1 fully saturated rings. The van der Waals surface area contributed by atoms with Gasteiger partial charge in [0, 0.05) is 13.6 Å². The normalized spacial score (nSPS) is 23.1. The number of benzene rings is 2. The molecule has 0 amide bonds. The van der Waals surface area contributed by atoms with Crippen molar-refractivity contribution in [3.63, 3.8) is 0 Å². The van der Waals surface area contributed by atoms with Crippen molar-refractivity contribution in [1.29, 1.82) is 0 Å². The molecule has 2 aromatic rings. The van der Waals surface area contributed by atoms with Gasteiger partial charge in [0.25, 0.3) is 0 Å². The fourth-order valence-corrected chi connectivity index (χ4v) is 6.49. The summed E-state index contributed by atoms with van der Waals surface area (Å²) in [6, 6.07) is 20.2. The Kier molecular flexibility index (Phi) is 8.17. The van der Waals surface area contributed by atoms with Crippen molar-refractivity contribution in [1.82, 2.24) is 9.80 Å². The highest BCUT2D eigenvalue weighted by molar-refractivity contribution is 5.99. The van der Waals surface area contributed by atoms with Gasteiger partial charge in [-0.15, -0.1) is 0 Å². The lowest BCUT2D eigenvalue weighted by molar-refractivity contribution is 0.0257.